The predicted molar refractivity (Wildman–Crippen MR) is 112 cm³/mol. The molecule has 0 amide bonds. The number of fused-ring (bicyclic) bond motifs is 1. The molecule has 0 aromatic heterocycles. The second kappa shape index (κ2) is 7.28. The molecule has 0 atom stereocenters. The van der Waals surface area contributed by atoms with Crippen LogP contribution in [0, 0.1) is 0 Å². The van der Waals surface area contributed by atoms with Crippen LogP contribution in [0.15, 0.2) is 58.5 Å². The number of nitrogens with zero attached hydrogens (tertiary/aromatic N) is 1. The smallest absolute Gasteiger partial charge is 0.336 e. The first kappa shape index (κ1) is 19.9. The van der Waals surface area contributed by atoms with Crippen molar-refractivity contribution in [2.24, 2.45) is 0 Å². The predicted octanol–water partition coefficient (Wildman–Crippen LogP) is 3.65. The highest BCUT2D eigenvalue weighted by Gasteiger charge is 2.26. The van der Waals surface area contributed by atoms with Gasteiger partial charge in [0.25, 0.3) is 0 Å². The number of carboxylic acid groups (broad SMARTS) is 1. The second-order valence-electron chi connectivity index (χ2n) is 7.27. The number of aliphatic carboxylic acids is 1. The fourth-order valence-corrected chi connectivity index (χ4v) is 4.06. The minimum atomic E-state index is -3.29. The second-order valence-corrected chi connectivity index (χ2v) is 9.29. The van der Waals surface area contributed by atoms with Crippen LogP contribution in [-0.2, 0) is 21.1 Å². The van der Waals surface area contributed by atoms with Crippen LogP contribution < -0.4 is 4.90 Å². The zero-order valence-corrected chi connectivity index (χ0v) is 17.2. The molecule has 2 aromatic rings. The molecule has 0 heterocycles. The van der Waals surface area contributed by atoms with Crippen molar-refractivity contribution in [1.29, 1.82) is 0 Å². The molecule has 5 nitrogen and oxygen atoms in total. The van der Waals surface area contributed by atoms with Gasteiger partial charge < -0.3 is 10.0 Å². The Bertz CT molecular complexity index is 1110. The van der Waals surface area contributed by atoms with E-state index in [1.165, 1.54) is 12.1 Å². The van der Waals surface area contributed by atoms with Crippen molar-refractivity contribution in [2.75, 3.05) is 25.3 Å². The average Bonchev–Trinajstić information content (AvgIpc) is 2.93. The number of carbonyl (C=O) groups is 1. The maximum absolute atomic E-state index is 12.1. The standard InChI is InChI=1S/C22H23NO4S/c1-14-11-16-7-8-17(23(2)3)13-19(16)21(14)20(22(24)25)12-15-5-9-18(10-6-15)28(4,26)27/h5-10,12-13H,11H2,1-4H3,(H,24,25). The van der Waals surface area contributed by atoms with Crippen LogP contribution in [-0.4, -0.2) is 39.8 Å². The van der Waals surface area contributed by atoms with Crippen molar-refractivity contribution in [3.05, 3.63) is 70.3 Å². The number of rotatable bonds is 5. The minimum Gasteiger partial charge on any atom is -0.478 e. The summed E-state index contributed by atoms with van der Waals surface area (Å²) in [6.07, 6.45) is 3.47. The number of anilines is 1. The Balaban J connectivity index is 2.09. The first-order valence-corrected chi connectivity index (χ1v) is 10.7. The molecule has 6 heteroatoms. The molecule has 3 rings (SSSR count). The molecular formula is C22H23NO4S. The van der Waals surface area contributed by atoms with Crippen LogP contribution in [0.4, 0.5) is 5.69 Å². The lowest BCUT2D eigenvalue weighted by Crippen LogP contribution is -2.09. The Hall–Kier alpha value is -2.86. The number of benzene rings is 2. The number of allylic oxidation sites excluding steroid dienone is 1. The first-order valence-electron chi connectivity index (χ1n) is 8.84. The van der Waals surface area contributed by atoms with Gasteiger partial charge in [0.1, 0.15) is 0 Å². The zero-order valence-electron chi connectivity index (χ0n) is 16.4. The van der Waals surface area contributed by atoms with E-state index in [4.69, 9.17) is 0 Å². The highest BCUT2D eigenvalue weighted by atomic mass is 32.2. The Kier molecular flexibility index (Phi) is 5.17. The van der Waals surface area contributed by atoms with Gasteiger partial charge in [-0.25, -0.2) is 13.2 Å². The topological polar surface area (TPSA) is 74.7 Å². The molecule has 0 saturated heterocycles. The summed E-state index contributed by atoms with van der Waals surface area (Å²) in [6, 6.07) is 12.3. The summed E-state index contributed by atoms with van der Waals surface area (Å²) < 4.78 is 23.3. The summed E-state index contributed by atoms with van der Waals surface area (Å²) in [5.74, 6) is -1.01. The van der Waals surface area contributed by atoms with Gasteiger partial charge in [0.2, 0.25) is 0 Å². The van der Waals surface area contributed by atoms with Gasteiger partial charge in [-0.2, -0.15) is 0 Å². The lowest BCUT2D eigenvalue weighted by Gasteiger charge is -2.15. The summed E-state index contributed by atoms with van der Waals surface area (Å²) in [5, 5.41) is 9.89. The first-order chi connectivity index (χ1) is 13.1. The minimum absolute atomic E-state index is 0.207. The van der Waals surface area contributed by atoms with Gasteiger partial charge in [0, 0.05) is 26.0 Å². The molecule has 2 aromatic carbocycles. The van der Waals surface area contributed by atoms with Crippen molar-refractivity contribution in [1.82, 2.24) is 0 Å². The van der Waals surface area contributed by atoms with E-state index in [9.17, 15) is 18.3 Å². The lowest BCUT2D eigenvalue weighted by molar-refractivity contribution is -0.132. The van der Waals surface area contributed by atoms with Crippen molar-refractivity contribution in [3.8, 4) is 0 Å². The van der Waals surface area contributed by atoms with Gasteiger partial charge in [-0.15, -0.1) is 0 Å². The SMILES string of the molecule is CC1=C(C(=Cc2ccc(S(C)(=O)=O)cc2)C(=O)O)c2cc(N(C)C)ccc2C1. The molecule has 0 spiro atoms. The van der Waals surface area contributed by atoms with Crippen molar-refractivity contribution in [3.63, 3.8) is 0 Å². The average molecular weight is 397 g/mol. The summed E-state index contributed by atoms with van der Waals surface area (Å²) in [6.45, 7) is 1.95. The maximum atomic E-state index is 12.1. The van der Waals surface area contributed by atoms with Gasteiger partial charge in [-0.3, -0.25) is 0 Å². The molecule has 0 bridgehead atoms. The van der Waals surface area contributed by atoms with E-state index in [1.54, 1.807) is 18.2 Å². The van der Waals surface area contributed by atoms with Crippen molar-refractivity contribution in [2.45, 2.75) is 18.2 Å². The molecule has 0 saturated carbocycles. The van der Waals surface area contributed by atoms with Crippen LogP contribution in [0.3, 0.4) is 0 Å². The molecule has 1 aliphatic rings. The van der Waals surface area contributed by atoms with Crippen LogP contribution in [0.5, 0.6) is 0 Å². The summed E-state index contributed by atoms with van der Waals surface area (Å²) in [4.78, 5) is 14.3. The summed E-state index contributed by atoms with van der Waals surface area (Å²) in [5.41, 5.74) is 5.64. The summed E-state index contributed by atoms with van der Waals surface area (Å²) >= 11 is 0. The largest absolute Gasteiger partial charge is 0.478 e. The normalized spacial score (nSPS) is 14.2. The third kappa shape index (κ3) is 3.87. The molecule has 1 aliphatic carbocycles. The number of carboxylic acids is 1. The van der Waals surface area contributed by atoms with Gasteiger partial charge in [0.15, 0.2) is 9.84 Å². The van der Waals surface area contributed by atoms with Crippen LogP contribution >= 0.6 is 0 Å². The molecule has 0 unspecified atom stereocenters. The van der Waals surface area contributed by atoms with E-state index in [2.05, 4.69) is 0 Å². The Morgan fingerprint density at radius 3 is 2.29 bits per heavy atom. The fraction of sp³-hybridized carbons (Fsp3) is 0.227. The molecule has 0 radical (unpaired) electrons. The van der Waals surface area contributed by atoms with E-state index in [-0.39, 0.29) is 10.5 Å². The number of hydrogen-bond acceptors (Lipinski definition) is 4. The van der Waals surface area contributed by atoms with Gasteiger partial charge in [-0.1, -0.05) is 23.8 Å². The van der Waals surface area contributed by atoms with E-state index >= 15 is 0 Å². The molecular weight excluding hydrogens is 374 g/mol. The van der Waals surface area contributed by atoms with E-state index in [0.29, 0.717) is 5.56 Å². The van der Waals surface area contributed by atoms with E-state index in [0.717, 1.165) is 40.6 Å². The number of hydrogen-bond donors (Lipinski definition) is 1. The highest BCUT2D eigenvalue weighted by molar-refractivity contribution is 7.90. The fourth-order valence-electron chi connectivity index (χ4n) is 3.43. The van der Waals surface area contributed by atoms with E-state index < -0.39 is 15.8 Å². The van der Waals surface area contributed by atoms with Gasteiger partial charge in [-0.05, 0) is 65.9 Å². The van der Waals surface area contributed by atoms with Gasteiger partial charge in [0.05, 0.1) is 10.5 Å². The van der Waals surface area contributed by atoms with Crippen LogP contribution in [0.25, 0.3) is 11.6 Å². The third-order valence-corrected chi connectivity index (χ3v) is 6.01. The third-order valence-electron chi connectivity index (χ3n) is 4.88. The zero-order chi connectivity index (χ0) is 20.6. The van der Waals surface area contributed by atoms with Gasteiger partial charge >= 0.3 is 5.97 Å². The maximum Gasteiger partial charge on any atom is 0.336 e. The quantitative estimate of drug-likeness (QED) is 0.780. The Morgan fingerprint density at radius 1 is 1.11 bits per heavy atom. The highest BCUT2D eigenvalue weighted by Crippen LogP contribution is 2.40. The molecule has 28 heavy (non-hydrogen) atoms. The van der Waals surface area contributed by atoms with Crippen molar-refractivity contribution >= 4 is 33.1 Å². The van der Waals surface area contributed by atoms with Crippen LogP contribution in [0.2, 0.25) is 0 Å². The number of sulfone groups is 1. The molecule has 0 aliphatic heterocycles. The van der Waals surface area contributed by atoms with E-state index in [1.807, 2.05) is 44.1 Å². The Labute approximate surface area is 165 Å². The molecule has 0 fully saturated rings. The summed E-state index contributed by atoms with van der Waals surface area (Å²) in [7, 11) is 0.605. The molecule has 1 N–H and O–H groups in total. The van der Waals surface area contributed by atoms with Crippen LogP contribution in [0.1, 0.15) is 23.6 Å². The monoisotopic (exact) mass is 397 g/mol. The molecule has 146 valence electrons. The Morgan fingerprint density at radius 2 is 1.75 bits per heavy atom. The lowest BCUT2D eigenvalue weighted by atomic mass is 9.95. The van der Waals surface area contributed by atoms with Crippen molar-refractivity contribution < 1.29 is 18.3 Å².